The van der Waals surface area contributed by atoms with Gasteiger partial charge in [0, 0.05) is 0 Å². The van der Waals surface area contributed by atoms with Crippen molar-refractivity contribution in [2.75, 3.05) is 6.61 Å². The second kappa shape index (κ2) is 7.53. The molecule has 2 aromatic carbocycles. The number of hydrogen-bond acceptors (Lipinski definition) is 3. The van der Waals surface area contributed by atoms with Gasteiger partial charge in [-0.25, -0.2) is 4.39 Å². The first-order valence-electron chi connectivity index (χ1n) is 7.07. The fourth-order valence-corrected chi connectivity index (χ4v) is 1.59. The van der Waals surface area contributed by atoms with Crippen molar-refractivity contribution in [2.24, 2.45) is 16.1 Å². The number of azo groups is 1. The van der Waals surface area contributed by atoms with Gasteiger partial charge in [0.2, 0.25) is 0 Å². The van der Waals surface area contributed by atoms with Crippen molar-refractivity contribution >= 4 is 11.4 Å². The SMILES string of the molecule is CCC(C)COc1ccc(N=Nc2ccc(F)cc2)cc1. The minimum absolute atomic E-state index is 0.281. The van der Waals surface area contributed by atoms with Crippen molar-refractivity contribution in [1.29, 1.82) is 0 Å². The van der Waals surface area contributed by atoms with Crippen LogP contribution in [0.4, 0.5) is 15.8 Å². The summed E-state index contributed by atoms with van der Waals surface area (Å²) in [6.07, 6.45) is 1.10. The zero-order valence-electron chi connectivity index (χ0n) is 12.3. The average Bonchev–Trinajstić information content (AvgIpc) is 2.53. The third-order valence-corrected chi connectivity index (χ3v) is 3.18. The highest BCUT2D eigenvalue weighted by Crippen LogP contribution is 2.21. The van der Waals surface area contributed by atoms with Crippen molar-refractivity contribution in [1.82, 2.24) is 0 Å². The molecule has 0 amide bonds. The second-order valence-corrected chi connectivity index (χ2v) is 4.99. The molecule has 0 radical (unpaired) electrons. The molecule has 0 spiro atoms. The largest absolute Gasteiger partial charge is 0.493 e. The summed E-state index contributed by atoms with van der Waals surface area (Å²) in [6.45, 7) is 5.02. The van der Waals surface area contributed by atoms with Gasteiger partial charge in [0.25, 0.3) is 0 Å². The molecule has 0 aliphatic heterocycles. The van der Waals surface area contributed by atoms with Crippen LogP contribution in [0.5, 0.6) is 5.75 Å². The van der Waals surface area contributed by atoms with Crippen LogP contribution in [-0.4, -0.2) is 6.61 Å². The first-order valence-corrected chi connectivity index (χ1v) is 7.07. The molecule has 0 bridgehead atoms. The monoisotopic (exact) mass is 286 g/mol. The Morgan fingerprint density at radius 2 is 1.48 bits per heavy atom. The van der Waals surface area contributed by atoms with Crippen molar-refractivity contribution in [3.8, 4) is 5.75 Å². The molecule has 0 saturated heterocycles. The maximum atomic E-state index is 12.8. The Hall–Kier alpha value is -2.23. The molecule has 1 atom stereocenters. The molecule has 3 nitrogen and oxygen atoms in total. The van der Waals surface area contributed by atoms with Gasteiger partial charge in [-0.05, 0) is 54.4 Å². The number of ether oxygens (including phenoxy) is 1. The Bertz CT molecular complexity index is 579. The highest BCUT2D eigenvalue weighted by molar-refractivity contribution is 5.42. The molecule has 21 heavy (non-hydrogen) atoms. The highest BCUT2D eigenvalue weighted by atomic mass is 19.1. The fraction of sp³-hybridized carbons (Fsp3) is 0.294. The van der Waals surface area contributed by atoms with Crippen LogP contribution in [0.3, 0.4) is 0 Å². The van der Waals surface area contributed by atoms with E-state index in [1.807, 2.05) is 24.3 Å². The van der Waals surface area contributed by atoms with Crippen LogP contribution in [0, 0.1) is 11.7 Å². The van der Waals surface area contributed by atoms with Gasteiger partial charge >= 0.3 is 0 Å². The van der Waals surface area contributed by atoms with Gasteiger partial charge in [0.05, 0.1) is 18.0 Å². The number of nitrogens with zero attached hydrogens (tertiary/aromatic N) is 2. The lowest BCUT2D eigenvalue weighted by Crippen LogP contribution is -2.06. The van der Waals surface area contributed by atoms with E-state index in [4.69, 9.17) is 4.74 Å². The Kier molecular flexibility index (Phi) is 5.43. The summed E-state index contributed by atoms with van der Waals surface area (Å²) in [6, 6.07) is 13.3. The van der Waals surface area contributed by atoms with E-state index in [1.165, 1.54) is 12.1 Å². The molecule has 0 heterocycles. The normalized spacial score (nSPS) is 12.5. The quantitative estimate of drug-likeness (QED) is 0.630. The summed E-state index contributed by atoms with van der Waals surface area (Å²) < 4.78 is 18.4. The molecule has 0 aromatic heterocycles. The molecular weight excluding hydrogens is 267 g/mol. The van der Waals surface area contributed by atoms with Crippen molar-refractivity contribution < 1.29 is 9.13 Å². The van der Waals surface area contributed by atoms with E-state index in [1.54, 1.807) is 12.1 Å². The summed E-state index contributed by atoms with van der Waals surface area (Å²) >= 11 is 0. The highest BCUT2D eigenvalue weighted by Gasteiger charge is 2.00. The van der Waals surface area contributed by atoms with Crippen LogP contribution in [0.15, 0.2) is 58.8 Å². The van der Waals surface area contributed by atoms with Gasteiger partial charge in [-0.1, -0.05) is 20.3 Å². The lowest BCUT2D eigenvalue weighted by Gasteiger charge is -2.10. The van der Waals surface area contributed by atoms with Crippen molar-refractivity contribution in [3.63, 3.8) is 0 Å². The Balaban J connectivity index is 1.94. The first kappa shape index (κ1) is 15.2. The molecule has 1 unspecified atom stereocenters. The predicted octanol–water partition coefficient (Wildman–Crippen LogP) is 5.67. The minimum Gasteiger partial charge on any atom is -0.493 e. The van der Waals surface area contributed by atoms with E-state index >= 15 is 0 Å². The number of hydrogen-bond donors (Lipinski definition) is 0. The van der Waals surface area contributed by atoms with Gasteiger partial charge in [-0.15, -0.1) is 0 Å². The summed E-state index contributed by atoms with van der Waals surface area (Å²) in [4.78, 5) is 0. The Morgan fingerprint density at radius 3 is 2.00 bits per heavy atom. The molecule has 4 heteroatoms. The van der Waals surface area contributed by atoms with E-state index in [-0.39, 0.29) is 5.82 Å². The maximum Gasteiger partial charge on any atom is 0.123 e. The van der Waals surface area contributed by atoms with Crippen LogP contribution in [0.1, 0.15) is 20.3 Å². The van der Waals surface area contributed by atoms with Gasteiger partial charge in [0.15, 0.2) is 0 Å². The molecule has 0 aliphatic rings. The van der Waals surface area contributed by atoms with Crippen LogP contribution >= 0.6 is 0 Å². The summed E-state index contributed by atoms with van der Waals surface area (Å²) in [5.74, 6) is 1.09. The number of halogens is 1. The van der Waals surface area contributed by atoms with E-state index in [2.05, 4.69) is 24.1 Å². The first-order chi connectivity index (χ1) is 10.2. The summed E-state index contributed by atoms with van der Waals surface area (Å²) in [5, 5.41) is 8.16. The maximum absolute atomic E-state index is 12.8. The number of benzene rings is 2. The number of rotatable bonds is 6. The summed E-state index contributed by atoms with van der Waals surface area (Å²) in [5.41, 5.74) is 1.35. The van der Waals surface area contributed by atoms with Gasteiger partial charge in [0.1, 0.15) is 11.6 Å². The second-order valence-electron chi connectivity index (χ2n) is 4.99. The smallest absolute Gasteiger partial charge is 0.123 e. The van der Waals surface area contributed by atoms with Crippen molar-refractivity contribution in [2.45, 2.75) is 20.3 Å². The van der Waals surface area contributed by atoms with Crippen LogP contribution in [-0.2, 0) is 0 Å². The molecule has 0 N–H and O–H groups in total. The third-order valence-electron chi connectivity index (χ3n) is 3.18. The average molecular weight is 286 g/mol. The van der Waals surface area contributed by atoms with E-state index < -0.39 is 0 Å². The van der Waals surface area contributed by atoms with Crippen molar-refractivity contribution in [3.05, 3.63) is 54.3 Å². The fourth-order valence-electron chi connectivity index (χ4n) is 1.59. The zero-order valence-corrected chi connectivity index (χ0v) is 12.3. The molecule has 2 rings (SSSR count). The molecule has 0 aliphatic carbocycles. The molecular formula is C17H19FN2O. The zero-order chi connectivity index (χ0) is 15.1. The summed E-state index contributed by atoms with van der Waals surface area (Å²) in [7, 11) is 0. The Labute approximate surface area is 124 Å². The van der Waals surface area contributed by atoms with E-state index in [0.29, 0.717) is 18.2 Å². The standard InChI is InChI=1S/C17H19FN2O/c1-3-13(2)12-21-17-10-8-16(9-11-17)20-19-15-6-4-14(18)5-7-15/h4-11,13H,3,12H2,1-2H3. The third kappa shape index (κ3) is 4.99. The van der Waals surface area contributed by atoms with Crippen LogP contribution in [0.25, 0.3) is 0 Å². The van der Waals surface area contributed by atoms with E-state index in [9.17, 15) is 4.39 Å². The predicted molar refractivity (Wildman–Crippen MR) is 82.0 cm³/mol. The molecule has 0 saturated carbocycles. The van der Waals surface area contributed by atoms with Crippen LogP contribution in [0.2, 0.25) is 0 Å². The minimum atomic E-state index is -0.281. The van der Waals surface area contributed by atoms with Gasteiger partial charge < -0.3 is 4.74 Å². The van der Waals surface area contributed by atoms with Crippen LogP contribution < -0.4 is 4.74 Å². The Morgan fingerprint density at radius 1 is 0.952 bits per heavy atom. The lowest BCUT2D eigenvalue weighted by atomic mass is 10.1. The van der Waals surface area contributed by atoms with Gasteiger partial charge in [-0.3, -0.25) is 0 Å². The lowest BCUT2D eigenvalue weighted by molar-refractivity contribution is 0.256. The molecule has 110 valence electrons. The van der Waals surface area contributed by atoms with E-state index in [0.717, 1.165) is 17.9 Å². The molecule has 0 fully saturated rings. The van der Waals surface area contributed by atoms with Gasteiger partial charge in [-0.2, -0.15) is 10.2 Å². The topological polar surface area (TPSA) is 34.0 Å². The molecule has 2 aromatic rings.